The molecule has 2 aromatic heterocycles. The number of thioether (sulfide) groups is 1. The predicted octanol–water partition coefficient (Wildman–Crippen LogP) is 2.38. The SMILES string of the molecule is CCCc1nccn1-c1cc(NC)nc(SC)n1. The third kappa shape index (κ3) is 2.64. The van der Waals surface area contributed by atoms with Crippen LogP contribution in [0, 0.1) is 0 Å². The molecule has 2 heterocycles. The molecule has 0 aromatic carbocycles. The monoisotopic (exact) mass is 263 g/mol. The van der Waals surface area contributed by atoms with Crippen molar-refractivity contribution >= 4 is 17.6 Å². The highest BCUT2D eigenvalue weighted by Gasteiger charge is 2.08. The summed E-state index contributed by atoms with van der Waals surface area (Å²) < 4.78 is 2.02. The average Bonchev–Trinajstić information content (AvgIpc) is 2.87. The average molecular weight is 263 g/mol. The number of hydrogen-bond donors (Lipinski definition) is 1. The van der Waals surface area contributed by atoms with E-state index in [4.69, 9.17) is 0 Å². The Labute approximate surface area is 111 Å². The normalized spacial score (nSPS) is 10.6. The van der Waals surface area contributed by atoms with Gasteiger partial charge in [0.2, 0.25) is 0 Å². The summed E-state index contributed by atoms with van der Waals surface area (Å²) in [5.41, 5.74) is 0. The Bertz CT molecular complexity index is 501. The van der Waals surface area contributed by atoms with Crippen LogP contribution in [-0.2, 0) is 6.42 Å². The van der Waals surface area contributed by atoms with E-state index < -0.39 is 0 Å². The second-order valence-electron chi connectivity index (χ2n) is 3.81. The maximum Gasteiger partial charge on any atom is 0.191 e. The van der Waals surface area contributed by atoms with Crippen molar-refractivity contribution < 1.29 is 0 Å². The Morgan fingerprint density at radius 1 is 1.39 bits per heavy atom. The van der Waals surface area contributed by atoms with Crippen molar-refractivity contribution in [1.29, 1.82) is 0 Å². The maximum atomic E-state index is 4.52. The smallest absolute Gasteiger partial charge is 0.191 e. The maximum absolute atomic E-state index is 4.52. The van der Waals surface area contributed by atoms with Crippen LogP contribution in [0.1, 0.15) is 19.2 Å². The molecule has 1 N–H and O–H groups in total. The van der Waals surface area contributed by atoms with Crippen LogP contribution < -0.4 is 5.32 Å². The van der Waals surface area contributed by atoms with E-state index in [1.54, 1.807) is 0 Å². The van der Waals surface area contributed by atoms with Crippen molar-refractivity contribution in [3.8, 4) is 5.82 Å². The first-order valence-corrected chi connectivity index (χ1v) is 7.14. The van der Waals surface area contributed by atoms with Crippen LogP contribution in [0.4, 0.5) is 5.82 Å². The molecule has 0 aliphatic heterocycles. The molecule has 0 aliphatic carbocycles. The molecule has 96 valence electrons. The Hall–Kier alpha value is -1.56. The van der Waals surface area contributed by atoms with E-state index in [1.165, 1.54) is 11.8 Å². The summed E-state index contributed by atoms with van der Waals surface area (Å²) in [6, 6.07) is 1.93. The quantitative estimate of drug-likeness (QED) is 0.663. The lowest BCUT2D eigenvalue weighted by molar-refractivity contribution is 0.784. The molecular weight excluding hydrogens is 246 g/mol. The van der Waals surface area contributed by atoms with Crippen LogP contribution in [0.5, 0.6) is 0 Å². The van der Waals surface area contributed by atoms with Gasteiger partial charge >= 0.3 is 0 Å². The topological polar surface area (TPSA) is 55.6 Å². The number of hydrogen-bond acceptors (Lipinski definition) is 5. The molecule has 18 heavy (non-hydrogen) atoms. The molecule has 5 nitrogen and oxygen atoms in total. The summed E-state index contributed by atoms with van der Waals surface area (Å²) in [6.45, 7) is 2.14. The lowest BCUT2D eigenvalue weighted by Gasteiger charge is -2.09. The fourth-order valence-corrected chi connectivity index (χ4v) is 2.08. The second-order valence-corrected chi connectivity index (χ2v) is 4.58. The highest BCUT2D eigenvalue weighted by atomic mass is 32.2. The van der Waals surface area contributed by atoms with Crippen LogP contribution in [0.3, 0.4) is 0 Å². The van der Waals surface area contributed by atoms with Crippen LogP contribution in [0.15, 0.2) is 23.6 Å². The van der Waals surface area contributed by atoms with Crippen molar-refractivity contribution in [2.24, 2.45) is 0 Å². The van der Waals surface area contributed by atoms with Gasteiger partial charge in [-0.3, -0.25) is 4.57 Å². The van der Waals surface area contributed by atoms with Crippen LogP contribution in [0.25, 0.3) is 5.82 Å². The minimum atomic E-state index is 0.757. The highest BCUT2D eigenvalue weighted by molar-refractivity contribution is 7.98. The first-order valence-electron chi connectivity index (χ1n) is 5.92. The number of aryl methyl sites for hydroxylation is 1. The van der Waals surface area contributed by atoms with Crippen molar-refractivity contribution in [3.05, 3.63) is 24.3 Å². The predicted molar refractivity (Wildman–Crippen MR) is 74.5 cm³/mol. The number of anilines is 1. The minimum absolute atomic E-state index is 0.757. The van der Waals surface area contributed by atoms with E-state index in [0.29, 0.717) is 0 Å². The Balaban J connectivity index is 2.45. The molecular formula is C12H17N5S. The van der Waals surface area contributed by atoms with Gasteiger partial charge < -0.3 is 5.32 Å². The lowest BCUT2D eigenvalue weighted by atomic mass is 10.3. The number of nitrogens with zero attached hydrogens (tertiary/aromatic N) is 4. The van der Waals surface area contributed by atoms with Gasteiger partial charge in [-0.15, -0.1) is 0 Å². The first kappa shape index (κ1) is 12.9. The fraction of sp³-hybridized carbons (Fsp3) is 0.417. The number of aromatic nitrogens is 4. The van der Waals surface area contributed by atoms with Gasteiger partial charge in [-0.25, -0.2) is 15.0 Å². The van der Waals surface area contributed by atoms with Gasteiger partial charge in [0.1, 0.15) is 17.5 Å². The van der Waals surface area contributed by atoms with Gasteiger partial charge in [0.15, 0.2) is 5.16 Å². The molecule has 0 atom stereocenters. The molecule has 0 saturated carbocycles. The van der Waals surface area contributed by atoms with Gasteiger partial charge in [-0.05, 0) is 12.7 Å². The summed E-state index contributed by atoms with van der Waals surface area (Å²) in [5.74, 6) is 2.71. The first-order chi connectivity index (χ1) is 8.78. The van der Waals surface area contributed by atoms with E-state index in [-0.39, 0.29) is 0 Å². The molecule has 0 bridgehead atoms. The molecule has 0 spiro atoms. The highest BCUT2D eigenvalue weighted by Crippen LogP contribution is 2.18. The van der Waals surface area contributed by atoms with Crippen LogP contribution >= 0.6 is 11.8 Å². The van der Waals surface area contributed by atoms with Crippen molar-refractivity contribution in [2.45, 2.75) is 24.9 Å². The summed E-state index contributed by atoms with van der Waals surface area (Å²) in [5, 5.41) is 3.81. The van der Waals surface area contributed by atoms with E-state index >= 15 is 0 Å². The summed E-state index contributed by atoms with van der Waals surface area (Å²) in [7, 11) is 1.86. The zero-order valence-corrected chi connectivity index (χ0v) is 11.7. The van der Waals surface area contributed by atoms with Gasteiger partial charge in [-0.1, -0.05) is 18.7 Å². The Morgan fingerprint density at radius 3 is 2.89 bits per heavy atom. The van der Waals surface area contributed by atoms with Crippen molar-refractivity contribution in [2.75, 3.05) is 18.6 Å². The van der Waals surface area contributed by atoms with E-state index in [2.05, 4.69) is 27.2 Å². The molecule has 6 heteroatoms. The van der Waals surface area contributed by atoms with Gasteiger partial charge in [0, 0.05) is 31.9 Å². The molecule has 2 rings (SSSR count). The van der Waals surface area contributed by atoms with E-state index in [1.807, 2.05) is 36.3 Å². The fourth-order valence-electron chi connectivity index (χ4n) is 1.71. The zero-order valence-electron chi connectivity index (χ0n) is 10.8. The Kier molecular flexibility index (Phi) is 4.19. The van der Waals surface area contributed by atoms with Crippen LogP contribution in [-0.4, -0.2) is 32.8 Å². The number of imidazole rings is 1. The summed E-state index contributed by atoms with van der Waals surface area (Å²) in [4.78, 5) is 13.3. The van der Waals surface area contributed by atoms with E-state index in [9.17, 15) is 0 Å². The standard InChI is InChI=1S/C12H17N5S/c1-4-5-10-14-6-7-17(10)11-8-9(13-2)15-12(16-11)18-3/h6-8H,4-5H2,1-3H3,(H,13,15,16). The van der Waals surface area contributed by atoms with Crippen LogP contribution in [0.2, 0.25) is 0 Å². The third-order valence-corrected chi connectivity index (χ3v) is 3.12. The molecule has 2 aromatic rings. The summed E-state index contributed by atoms with van der Waals surface area (Å²) >= 11 is 1.53. The molecule has 0 radical (unpaired) electrons. The molecule has 0 amide bonds. The van der Waals surface area contributed by atoms with Gasteiger partial charge in [0.05, 0.1) is 0 Å². The Morgan fingerprint density at radius 2 is 2.22 bits per heavy atom. The molecule has 0 saturated heterocycles. The van der Waals surface area contributed by atoms with Gasteiger partial charge in [0.25, 0.3) is 0 Å². The molecule has 0 fully saturated rings. The summed E-state index contributed by atoms with van der Waals surface area (Å²) in [6.07, 6.45) is 7.73. The van der Waals surface area contributed by atoms with E-state index in [0.717, 1.165) is 35.5 Å². The third-order valence-electron chi connectivity index (χ3n) is 2.57. The zero-order chi connectivity index (χ0) is 13.0. The number of nitrogens with one attached hydrogen (secondary N) is 1. The molecule has 0 unspecified atom stereocenters. The van der Waals surface area contributed by atoms with Crippen molar-refractivity contribution in [1.82, 2.24) is 19.5 Å². The minimum Gasteiger partial charge on any atom is -0.373 e. The van der Waals surface area contributed by atoms with Crippen molar-refractivity contribution in [3.63, 3.8) is 0 Å². The van der Waals surface area contributed by atoms with Gasteiger partial charge in [-0.2, -0.15) is 0 Å². The second kappa shape index (κ2) is 5.86. The largest absolute Gasteiger partial charge is 0.373 e. The molecule has 0 aliphatic rings. The number of rotatable bonds is 5. The lowest BCUT2D eigenvalue weighted by Crippen LogP contribution is -2.06.